The van der Waals surface area contributed by atoms with E-state index in [-0.39, 0.29) is 57.9 Å². The van der Waals surface area contributed by atoms with Crippen LogP contribution in [0.3, 0.4) is 0 Å². The molecule has 0 aliphatic carbocycles. The summed E-state index contributed by atoms with van der Waals surface area (Å²) >= 11 is 3.61. The van der Waals surface area contributed by atoms with Gasteiger partial charge in [-0.2, -0.15) is 27.4 Å². The Kier molecular flexibility index (Phi) is 29.3. The number of phenolic OH excluding ortho intramolecular Hbond substituents is 1. The Morgan fingerprint density at radius 2 is 0.662 bits per heavy atom. The third-order valence-corrected chi connectivity index (χ3v) is 27.1. The minimum atomic E-state index is -0.000678. The largest absolute Gasteiger partial charge is 2.00 e. The zero-order chi connectivity index (χ0) is 98.3. The van der Waals surface area contributed by atoms with E-state index in [1.54, 1.807) is 12.1 Å². The summed E-state index contributed by atoms with van der Waals surface area (Å²) in [6.07, 6.45) is 5.71. The van der Waals surface area contributed by atoms with Crippen molar-refractivity contribution in [2.24, 2.45) is 0 Å². The van der Waals surface area contributed by atoms with Crippen LogP contribution in [0.4, 0.5) is 0 Å². The Bertz CT molecular complexity index is 7980. The van der Waals surface area contributed by atoms with Gasteiger partial charge in [0.2, 0.25) is 0 Å². The molecule has 21 rings (SSSR count). The molecule has 9 aromatic heterocycles. The van der Waals surface area contributed by atoms with Crippen LogP contribution >= 0.6 is 15.9 Å². The number of nitrogens with zero attached hydrogens (tertiary/aromatic N) is 12. The summed E-state index contributed by atoms with van der Waals surface area (Å²) in [4.78, 5) is 14.3. The summed E-state index contributed by atoms with van der Waals surface area (Å²) in [7, 11) is 0. The number of fused-ring (bicyclic) bond motifs is 9. The molecule has 9 heterocycles. The van der Waals surface area contributed by atoms with Gasteiger partial charge in [-0.15, -0.1) is 35.7 Å². The number of para-hydroxylation sites is 3. The average molecular weight is 2120 g/mol. The molecule has 0 saturated carbocycles. The molecule has 15 nitrogen and oxygen atoms in total. The van der Waals surface area contributed by atoms with E-state index >= 15 is 0 Å². The second kappa shape index (κ2) is 40.7. The van der Waals surface area contributed by atoms with Crippen LogP contribution in [0.15, 0.2) is 284 Å². The van der Waals surface area contributed by atoms with Crippen LogP contribution in [0.5, 0.6) is 28.7 Å². The number of hydrogen-bond acceptors (Lipinski definition) is 9. The first kappa shape index (κ1) is 102. The van der Waals surface area contributed by atoms with Gasteiger partial charge in [0.05, 0.1) is 50.5 Å². The number of benzene rings is 12. The van der Waals surface area contributed by atoms with Gasteiger partial charge in [-0.1, -0.05) is 224 Å². The van der Waals surface area contributed by atoms with E-state index in [4.69, 9.17) is 34.7 Å². The minimum absolute atomic E-state index is 0. The molecule has 722 valence electrons. The molecule has 0 aliphatic heterocycles. The number of aromatic hydroxyl groups is 1. The third-order valence-electron chi connectivity index (χ3n) is 26.6. The smallest absolute Gasteiger partial charge is 0.509 e. The van der Waals surface area contributed by atoms with Gasteiger partial charge in [-0.3, -0.25) is 13.8 Å². The molecule has 0 aliphatic rings. The van der Waals surface area contributed by atoms with Gasteiger partial charge in [-0.05, 0) is 301 Å². The predicted molar refractivity (Wildman–Crippen MR) is 591 cm³/mol. The zero-order valence-corrected chi connectivity index (χ0v) is 88.2. The number of halogens is 1. The fraction of sp³-hybridized carbons (Fsp3) is 0.232. The first-order valence-corrected chi connectivity index (χ1v) is 48.4. The van der Waals surface area contributed by atoms with Crippen molar-refractivity contribution < 1.29 is 35.6 Å². The number of phenols is 1. The Morgan fingerprint density at radius 1 is 0.303 bits per heavy atom. The Labute approximate surface area is 859 Å². The fourth-order valence-corrected chi connectivity index (χ4v) is 20.6. The van der Waals surface area contributed by atoms with Gasteiger partial charge in [0.25, 0.3) is 0 Å². The van der Waals surface area contributed by atoms with Gasteiger partial charge < -0.3 is 19.1 Å². The number of ether oxygens (including phenoxy) is 2. The van der Waals surface area contributed by atoms with Crippen LogP contribution in [0.2, 0.25) is 0 Å². The topological polar surface area (TPSA) is 146 Å². The summed E-state index contributed by atoms with van der Waals surface area (Å²) in [6.45, 7) is 52.1. The molecule has 21 aromatic rings. The zero-order valence-electron chi connectivity index (χ0n) is 84.4. The second-order valence-electron chi connectivity index (χ2n) is 40.3. The first-order chi connectivity index (χ1) is 66.3. The maximum absolute atomic E-state index is 9.74. The van der Waals surface area contributed by atoms with Gasteiger partial charge in [0, 0.05) is 114 Å². The number of aryl methyl sites for hydroxylation is 12. The van der Waals surface area contributed by atoms with E-state index in [2.05, 4.69) is 406 Å². The van der Waals surface area contributed by atoms with E-state index in [0.29, 0.717) is 11.5 Å². The molecule has 0 amide bonds. The SMILES string of the molecule is C.C.CC(C)(C)c1ccnc(-n2c3ccccc3c3ccc(Br)cc32)c1.Cc1cc(C)c(-c2c(C)nn(-c3[c-]c(Oc4[c-]c5c(cc4)c4ccccc4n5-c4cc(C(C)(C)C)ccn4)ccc3)c2C)c(C)c1.Cc1cc(C)c(-c2c(C)nn(-c3cccc(O)c3)c2C)c(C)c1.Cc1cc(C)c(-c2c(C)nn(-c3cccc(Oc4ccc5c6ccccc6n(-c6cc(C(C)(C)C)ccn6)c5c4)c3)c2C)c(C)c1.[Pt+2]. The molecule has 12 aromatic carbocycles. The van der Waals surface area contributed by atoms with Crippen LogP contribution in [-0.2, 0) is 37.3 Å². The fourth-order valence-electron chi connectivity index (χ4n) is 20.3. The molecular weight excluding hydrogens is 1990 g/mol. The Hall–Kier alpha value is -14.3. The van der Waals surface area contributed by atoms with E-state index in [0.717, 1.165) is 123 Å². The van der Waals surface area contributed by atoms with Crippen LogP contribution in [0, 0.1) is 116 Å². The van der Waals surface area contributed by atoms with E-state index in [1.165, 1.54) is 127 Å². The molecule has 0 atom stereocenters. The Balaban J connectivity index is 0.000000148. The normalized spacial score (nSPS) is 11.6. The van der Waals surface area contributed by atoms with E-state index in [1.807, 2.05) is 88.1 Å². The predicted octanol–water partition coefficient (Wildman–Crippen LogP) is 33.2. The van der Waals surface area contributed by atoms with Crippen molar-refractivity contribution in [3.8, 4) is 96.6 Å². The summed E-state index contributed by atoms with van der Waals surface area (Å²) < 4.78 is 26.7. The molecule has 0 fully saturated rings. The molecule has 0 saturated heterocycles. The summed E-state index contributed by atoms with van der Waals surface area (Å²) in [6, 6.07) is 96.9. The van der Waals surface area contributed by atoms with Crippen LogP contribution < -0.4 is 9.47 Å². The molecule has 17 heteroatoms. The van der Waals surface area contributed by atoms with E-state index < -0.39 is 0 Å². The average Bonchev–Trinajstić information content (AvgIpc) is 1.59. The van der Waals surface area contributed by atoms with Crippen molar-refractivity contribution in [3.63, 3.8) is 0 Å². The monoisotopic (exact) mass is 2120 g/mol. The molecular formula is C125H127BrN12O3Pt. The summed E-state index contributed by atoms with van der Waals surface area (Å²) in [5, 5.41) is 31.5. The van der Waals surface area contributed by atoms with Gasteiger partial charge in [0.15, 0.2) is 0 Å². The third kappa shape index (κ3) is 20.1. The maximum Gasteiger partial charge on any atom is 2.00 e. The maximum atomic E-state index is 9.74. The molecule has 0 spiro atoms. The number of pyridine rings is 3. The van der Waals surface area contributed by atoms with Crippen LogP contribution in [0.25, 0.3) is 133 Å². The van der Waals surface area contributed by atoms with Crippen molar-refractivity contribution in [3.05, 3.63) is 397 Å². The summed E-state index contributed by atoms with van der Waals surface area (Å²) in [5.41, 5.74) is 38.1. The van der Waals surface area contributed by atoms with E-state index in [9.17, 15) is 5.11 Å². The summed E-state index contributed by atoms with van der Waals surface area (Å²) in [5.74, 6) is 5.70. The van der Waals surface area contributed by atoms with Gasteiger partial charge in [0.1, 0.15) is 34.7 Å². The number of rotatable bonds is 13. The molecule has 1 N–H and O–H groups in total. The quantitative estimate of drug-likeness (QED) is 0.112. The number of hydrogen-bond donors (Lipinski definition) is 1. The molecule has 0 radical (unpaired) electrons. The van der Waals surface area contributed by atoms with Crippen LogP contribution in [-0.4, -0.2) is 63.1 Å². The molecule has 0 bridgehead atoms. The first-order valence-electron chi connectivity index (χ1n) is 47.6. The van der Waals surface area contributed by atoms with Gasteiger partial charge >= 0.3 is 21.1 Å². The minimum Gasteiger partial charge on any atom is -0.509 e. The van der Waals surface area contributed by atoms with Crippen molar-refractivity contribution in [1.82, 2.24) is 58.0 Å². The number of aromatic nitrogens is 12. The second-order valence-corrected chi connectivity index (χ2v) is 41.2. The Morgan fingerprint density at radius 3 is 1.11 bits per heavy atom. The molecule has 0 unspecified atom stereocenters. The van der Waals surface area contributed by atoms with Crippen molar-refractivity contribution in [2.45, 2.75) is 197 Å². The van der Waals surface area contributed by atoms with Crippen molar-refractivity contribution in [1.29, 1.82) is 0 Å². The van der Waals surface area contributed by atoms with Gasteiger partial charge in [-0.25, -0.2) is 24.3 Å². The van der Waals surface area contributed by atoms with Crippen molar-refractivity contribution in [2.75, 3.05) is 0 Å². The molecule has 142 heavy (non-hydrogen) atoms. The standard InChI is InChI=1S/C41H40N4O.C41H38N4O.C21H19BrN2.C20H22N2O.2CH4.Pt/c2*1-25-20-26(2)39(27(3)21-25)40-28(4)43-45(29(40)5)31-12-11-13-32(23-31)46-33-16-17-35-34-14-9-10-15-36(34)44(37(35)24-33)38-22-30(18-19-42-38)41(6,7)8;1-21(2,3)14-10-11-23-20(12-14)24-18-7-5-4-6-16(18)17-9-8-15(22)13-19(17)24;1-12-9-13(2)19(14(3)10-12)20-15(4)21-22(16(20)5)17-7-6-8-18(23)11-17;;;/h9-24H,1-8H3;9-22H,1-8H3;4-13H,1-3H3;6-11,23H,1-5H3;2*1H4;/q;-2;;;;;+2. The van der Waals surface area contributed by atoms with Crippen molar-refractivity contribution >= 4 is 81.3 Å². The van der Waals surface area contributed by atoms with Crippen LogP contribution in [0.1, 0.15) is 178 Å².